The van der Waals surface area contributed by atoms with Crippen molar-refractivity contribution in [1.82, 2.24) is 4.98 Å². The van der Waals surface area contributed by atoms with Gasteiger partial charge in [-0.2, -0.15) is 0 Å². The number of nitro groups is 2. The maximum Gasteiger partial charge on any atom is 0.356 e. The lowest BCUT2D eigenvalue weighted by Gasteiger charge is -1.95. The van der Waals surface area contributed by atoms with E-state index in [9.17, 15) is 20.2 Å². The zero-order valence-corrected chi connectivity index (χ0v) is 9.37. The van der Waals surface area contributed by atoms with E-state index in [1.54, 1.807) is 0 Å². The molecule has 1 atom stereocenters. The van der Waals surface area contributed by atoms with E-state index in [0.717, 1.165) is 0 Å². The number of thiazole rings is 1. The van der Waals surface area contributed by atoms with Crippen LogP contribution in [0.2, 0.25) is 0 Å². The van der Waals surface area contributed by atoms with Gasteiger partial charge in [-0.3, -0.25) is 20.2 Å². The summed E-state index contributed by atoms with van der Waals surface area (Å²) in [6.07, 6.45) is 0. The number of halogens is 2. The fraction of sp³-hybridized carbons (Fsp3) is 0.250. The van der Waals surface area contributed by atoms with Gasteiger partial charge in [-0.1, -0.05) is 0 Å². The minimum atomic E-state index is -1.70. The Hall–Kier alpha value is -0.800. The molecule has 1 aromatic rings. The van der Waals surface area contributed by atoms with E-state index in [0.29, 0.717) is 11.3 Å². The number of rotatable bonds is 3. The number of nitrogens with zero attached hydrogens (tertiary/aromatic N) is 3. The molecule has 10 heteroatoms. The van der Waals surface area contributed by atoms with Crippen LogP contribution in [0, 0.1) is 20.2 Å². The fourth-order valence-corrected chi connectivity index (χ4v) is 2.19. The number of hydrogen-bond acceptors (Lipinski definition) is 6. The summed E-state index contributed by atoms with van der Waals surface area (Å²) in [5.41, 5.74) is -2.04. The molecule has 1 rings (SSSR count). The predicted octanol–water partition coefficient (Wildman–Crippen LogP) is 2.33. The molecule has 0 spiro atoms. The molecule has 0 radical (unpaired) electrons. The maximum atomic E-state index is 10.4. The van der Waals surface area contributed by atoms with Crippen LogP contribution in [0.15, 0.2) is 3.92 Å². The van der Waals surface area contributed by atoms with E-state index in [2.05, 4.69) is 20.9 Å². The predicted molar refractivity (Wildman–Crippen MR) is 52.1 cm³/mol. The molecule has 0 saturated heterocycles. The van der Waals surface area contributed by atoms with Gasteiger partial charge in [-0.05, 0) is 38.9 Å². The molecule has 1 unspecified atom stereocenters. The molecular formula is C4HBrClN3O4S. The third-order valence-electron chi connectivity index (χ3n) is 1.18. The van der Waals surface area contributed by atoms with Gasteiger partial charge < -0.3 is 0 Å². The average Bonchev–Trinajstić information content (AvgIpc) is 2.45. The highest BCUT2D eigenvalue weighted by atomic mass is 79.9. The van der Waals surface area contributed by atoms with Gasteiger partial charge in [0.1, 0.15) is 0 Å². The zero-order valence-electron chi connectivity index (χ0n) is 6.22. The smallest absolute Gasteiger partial charge is 0.263 e. The first-order valence-corrected chi connectivity index (χ1v) is 5.06. The molecule has 76 valence electrons. The Morgan fingerprint density at radius 1 is 1.50 bits per heavy atom. The highest BCUT2D eigenvalue weighted by molar-refractivity contribution is 9.11. The van der Waals surface area contributed by atoms with Crippen molar-refractivity contribution in [2.24, 2.45) is 0 Å². The van der Waals surface area contributed by atoms with Crippen LogP contribution in [0.4, 0.5) is 5.00 Å². The first-order valence-electron chi connectivity index (χ1n) is 3.01. The Labute approximate surface area is 94.1 Å². The fourth-order valence-electron chi connectivity index (χ4n) is 0.683. The summed E-state index contributed by atoms with van der Waals surface area (Å²) < 4.78 is 0.187. The SMILES string of the molecule is O=[N+]([O-])c1sc(Br)nc1C(Cl)[N+](=O)[O-]. The van der Waals surface area contributed by atoms with Crippen LogP contribution < -0.4 is 0 Å². The summed E-state index contributed by atoms with van der Waals surface area (Å²) in [7, 11) is 0. The van der Waals surface area contributed by atoms with Gasteiger partial charge in [0.15, 0.2) is 3.92 Å². The zero-order chi connectivity index (χ0) is 10.9. The largest absolute Gasteiger partial charge is 0.356 e. The minimum absolute atomic E-state index is 0.187. The van der Waals surface area contributed by atoms with Gasteiger partial charge in [0.05, 0.1) is 4.92 Å². The van der Waals surface area contributed by atoms with E-state index >= 15 is 0 Å². The van der Waals surface area contributed by atoms with Crippen LogP contribution in [0.25, 0.3) is 0 Å². The van der Waals surface area contributed by atoms with Crippen molar-refractivity contribution < 1.29 is 9.85 Å². The second-order valence-electron chi connectivity index (χ2n) is 2.04. The normalized spacial score (nSPS) is 12.4. The highest BCUT2D eigenvalue weighted by Crippen LogP contribution is 2.36. The Bertz CT molecular complexity index is 396. The molecule has 0 bridgehead atoms. The molecule has 7 nitrogen and oxygen atoms in total. The second-order valence-corrected chi connectivity index (χ2v) is 4.70. The van der Waals surface area contributed by atoms with Crippen LogP contribution in [-0.2, 0) is 0 Å². The van der Waals surface area contributed by atoms with E-state index in [-0.39, 0.29) is 9.61 Å². The van der Waals surface area contributed by atoms with Crippen molar-refractivity contribution in [3.8, 4) is 0 Å². The quantitative estimate of drug-likeness (QED) is 0.369. The summed E-state index contributed by atoms with van der Waals surface area (Å²) in [5, 5.41) is 20.3. The highest BCUT2D eigenvalue weighted by Gasteiger charge is 2.33. The van der Waals surface area contributed by atoms with Crippen molar-refractivity contribution in [2.75, 3.05) is 0 Å². The van der Waals surface area contributed by atoms with E-state index in [1.807, 2.05) is 0 Å². The summed E-state index contributed by atoms with van der Waals surface area (Å²) in [6.45, 7) is 0. The third kappa shape index (κ3) is 2.16. The molecule has 0 aliphatic carbocycles. The van der Waals surface area contributed by atoms with Gasteiger partial charge in [-0.15, -0.1) is 0 Å². The summed E-state index contributed by atoms with van der Waals surface area (Å²) in [6, 6.07) is 0. The molecule has 1 aromatic heterocycles. The first kappa shape index (κ1) is 11.3. The van der Waals surface area contributed by atoms with E-state index < -0.39 is 20.3 Å². The van der Waals surface area contributed by atoms with Crippen molar-refractivity contribution >= 4 is 43.9 Å². The molecule has 0 amide bonds. The van der Waals surface area contributed by atoms with Crippen molar-refractivity contribution in [1.29, 1.82) is 0 Å². The maximum absolute atomic E-state index is 10.4. The molecular weight excluding hydrogens is 301 g/mol. The van der Waals surface area contributed by atoms with E-state index in [1.165, 1.54) is 0 Å². The van der Waals surface area contributed by atoms with Gasteiger partial charge in [0.2, 0.25) is 5.69 Å². The van der Waals surface area contributed by atoms with E-state index in [4.69, 9.17) is 11.6 Å². The standard InChI is InChI=1S/C4HBrClN3O4S/c5-4-7-1(2(6)8(10)11)3(14-4)9(12)13/h2H. The Balaban J connectivity index is 3.19. The summed E-state index contributed by atoms with van der Waals surface area (Å²) in [4.78, 5) is 22.7. The van der Waals surface area contributed by atoms with Gasteiger partial charge in [0, 0.05) is 4.92 Å². The van der Waals surface area contributed by atoms with Crippen LogP contribution in [-0.4, -0.2) is 14.8 Å². The summed E-state index contributed by atoms with van der Waals surface area (Å²) >= 11 is 8.90. The Kier molecular flexibility index (Phi) is 3.34. The van der Waals surface area contributed by atoms with Crippen LogP contribution >= 0.6 is 38.9 Å². The van der Waals surface area contributed by atoms with Crippen molar-refractivity contribution in [3.05, 3.63) is 29.8 Å². The van der Waals surface area contributed by atoms with Crippen molar-refractivity contribution in [3.63, 3.8) is 0 Å². The Morgan fingerprint density at radius 3 is 2.50 bits per heavy atom. The number of alkyl halides is 1. The second kappa shape index (κ2) is 4.15. The number of hydrogen-bond donors (Lipinski definition) is 0. The number of aromatic nitrogens is 1. The molecule has 0 fully saturated rings. The third-order valence-corrected chi connectivity index (χ3v) is 3.03. The lowest BCUT2D eigenvalue weighted by Crippen LogP contribution is -2.05. The lowest BCUT2D eigenvalue weighted by atomic mass is 10.4. The Morgan fingerprint density at radius 2 is 2.07 bits per heavy atom. The molecule has 0 N–H and O–H groups in total. The molecule has 0 aromatic carbocycles. The van der Waals surface area contributed by atoms with Crippen LogP contribution in [0.1, 0.15) is 11.2 Å². The van der Waals surface area contributed by atoms with Gasteiger partial charge in [-0.25, -0.2) is 4.98 Å². The van der Waals surface area contributed by atoms with Crippen LogP contribution in [0.5, 0.6) is 0 Å². The minimum Gasteiger partial charge on any atom is -0.263 e. The average molecular weight is 302 g/mol. The molecule has 1 heterocycles. The van der Waals surface area contributed by atoms with Gasteiger partial charge in [0.25, 0.3) is 0 Å². The van der Waals surface area contributed by atoms with Crippen molar-refractivity contribution in [2.45, 2.75) is 5.50 Å². The monoisotopic (exact) mass is 301 g/mol. The summed E-state index contributed by atoms with van der Waals surface area (Å²) in [5.74, 6) is 0. The molecule has 0 aliphatic heterocycles. The van der Waals surface area contributed by atoms with Crippen LogP contribution in [0.3, 0.4) is 0 Å². The lowest BCUT2D eigenvalue weighted by molar-refractivity contribution is -0.506. The van der Waals surface area contributed by atoms with Gasteiger partial charge >= 0.3 is 10.5 Å². The first-order chi connectivity index (χ1) is 6.43. The molecule has 14 heavy (non-hydrogen) atoms. The molecule has 0 aliphatic rings. The molecule has 0 saturated carbocycles. The topological polar surface area (TPSA) is 99.2 Å².